The first-order valence-corrected chi connectivity index (χ1v) is 7.23. The van der Waals surface area contributed by atoms with Crippen molar-refractivity contribution in [2.24, 2.45) is 0 Å². The molecule has 0 unspecified atom stereocenters. The summed E-state index contributed by atoms with van der Waals surface area (Å²) in [5.74, 6) is 0.368. The molecule has 0 bridgehead atoms. The molecule has 1 aliphatic rings. The van der Waals surface area contributed by atoms with Gasteiger partial charge in [-0.1, -0.05) is 29.8 Å². The molecule has 1 aliphatic heterocycles. The molecule has 1 fully saturated rings. The zero-order valence-electron chi connectivity index (χ0n) is 12.0. The number of nitrogens with one attached hydrogen (secondary N) is 1. The fraction of sp³-hybridized carbons (Fsp3) is 0.375. The molecule has 3 rings (SSSR count). The minimum Gasteiger partial charge on any atom is -0.465 e. The van der Waals surface area contributed by atoms with Crippen molar-refractivity contribution in [2.75, 3.05) is 13.1 Å². The smallest absolute Gasteiger partial charge is 0.407 e. The van der Waals surface area contributed by atoms with Crippen LogP contribution in [0.15, 0.2) is 30.3 Å². The lowest BCUT2D eigenvalue weighted by molar-refractivity contribution is 0.131. The topological polar surface area (TPSA) is 69.2 Å². The molecule has 0 aliphatic carbocycles. The molecule has 21 heavy (non-hydrogen) atoms. The zero-order chi connectivity index (χ0) is 14.8. The average Bonchev–Trinajstić information content (AvgIpc) is 2.98. The van der Waals surface area contributed by atoms with Crippen LogP contribution in [0.1, 0.15) is 30.0 Å². The van der Waals surface area contributed by atoms with E-state index in [0.29, 0.717) is 19.0 Å². The molecule has 1 saturated heterocycles. The highest BCUT2D eigenvalue weighted by Gasteiger charge is 2.24. The number of aryl methyl sites for hydroxylation is 1. The number of rotatable bonds is 2. The fourth-order valence-corrected chi connectivity index (χ4v) is 2.80. The maximum atomic E-state index is 10.9. The summed E-state index contributed by atoms with van der Waals surface area (Å²) in [6.45, 7) is 3.26. The Kier molecular flexibility index (Phi) is 3.64. The summed E-state index contributed by atoms with van der Waals surface area (Å²) in [7, 11) is 0. The molecule has 1 aromatic carbocycles. The lowest BCUT2D eigenvalue weighted by atomic mass is 9.93. The van der Waals surface area contributed by atoms with Gasteiger partial charge in [0.25, 0.3) is 0 Å². The lowest BCUT2D eigenvalue weighted by Crippen LogP contribution is -2.36. The Morgan fingerprint density at radius 1 is 1.29 bits per heavy atom. The van der Waals surface area contributed by atoms with Gasteiger partial charge in [-0.2, -0.15) is 5.10 Å². The van der Waals surface area contributed by atoms with Crippen molar-refractivity contribution in [3.63, 3.8) is 0 Å². The van der Waals surface area contributed by atoms with Gasteiger partial charge in [0.1, 0.15) is 0 Å². The molecular formula is C16H19N3O2. The maximum Gasteiger partial charge on any atom is 0.407 e. The van der Waals surface area contributed by atoms with E-state index in [2.05, 4.69) is 47.5 Å². The van der Waals surface area contributed by atoms with Crippen LogP contribution < -0.4 is 0 Å². The van der Waals surface area contributed by atoms with Crippen molar-refractivity contribution < 1.29 is 9.90 Å². The van der Waals surface area contributed by atoms with Crippen molar-refractivity contribution in [1.29, 1.82) is 0 Å². The van der Waals surface area contributed by atoms with Crippen molar-refractivity contribution in [3.8, 4) is 11.3 Å². The Hall–Kier alpha value is -2.30. The second kappa shape index (κ2) is 5.60. The van der Waals surface area contributed by atoms with E-state index < -0.39 is 6.09 Å². The number of carbonyl (C=O) groups is 1. The van der Waals surface area contributed by atoms with Crippen LogP contribution in [0.5, 0.6) is 0 Å². The predicted molar refractivity (Wildman–Crippen MR) is 80.3 cm³/mol. The van der Waals surface area contributed by atoms with E-state index in [-0.39, 0.29) is 0 Å². The van der Waals surface area contributed by atoms with Gasteiger partial charge in [-0.15, -0.1) is 0 Å². The lowest BCUT2D eigenvalue weighted by Gasteiger charge is -2.29. The average molecular weight is 285 g/mol. The van der Waals surface area contributed by atoms with Crippen LogP contribution >= 0.6 is 0 Å². The van der Waals surface area contributed by atoms with Crippen molar-refractivity contribution in [2.45, 2.75) is 25.7 Å². The second-order valence-corrected chi connectivity index (χ2v) is 5.62. The monoisotopic (exact) mass is 285 g/mol. The molecule has 2 heterocycles. The Morgan fingerprint density at radius 3 is 2.57 bits per heavy atom. The van der Waals surface area contributed by atoms with Gasteiger partial charge in [0, 0.05) is 30.3 Å². The van der Waals surface area contributed by atoms with Crippen LogP contribution in [0.4, 0.5) is 4.79 Å². The van der Waals surface area contributed by atoms with Gasteiger partial charge in [0.05, 0.1) is 5.69 Å². The van der Waals surface area contributed by atoms with Gasteiger partial charge >= 0.3 is 6.09 Å². The first kappa shape index (κ1) is 13.7. The first-order valence-electron chi connectivity index (χ1n) is 7.23. The molecule has 2 aromatic rings. The molecule has 110 valence electrons. The summed E-state index contributed by atoms with van der Waals surface area (Å²) in [6, 6.07) is 10.4. The third-order valence-corrected chi connectivity index (χ3v) is 4.15. The molecule has 0 saturated carbocycles. The van der Waals surface area contributed by atoms with E-state index in [1.54, 1.807) is 0 Å². The third-order valence-electron chi connectivity index (χ3n) is 4.15. The molecule has 2 N–H and O–H groups in total. The van der Waals surface area contributed by atoms with E-state index in [1.165, 1.54) is 10.5 Å². The van der Waals surface area contributed by atoms with Crippen LogP contribution in [-0.2, 0) is 0 Å². The van der Waals surface area contributed by atoms with Gasteiger partial charge in [-0.3, -0.25) is 5.10 Å². The zero-order valence-corrected chi connectivity index (χ0v) is 12.0. The number of benzene rings is 1. The van der Waals surface area contributed by atoms with Crippen molar-refractivity contribution in [1.82, 2.24) is 15.1 Å². The summed E-state index contributed by atoms with van der Waals surface area (Å²) in [6.07, 6.45) is 0.877. The molecular weight excluding hydrogens is 266 g/mol. The van der Waals surface area contributed by atoms with E-state index >= 15 is 0 Å². The largest absolute Gasteiger partial charge is 0.465 e. The fourth-order valence-electron chi connectivity index (χ4n) is 2.80. The standard InChI is InChI=1S/C16H19N3O2/c1-11-2-4-12(5-3-11)14-10-15(18-17-14)13-6-8-19(9-7-13)16(20)21/h2-5,10,13H,6-9H2,1H3,(H,17,18)(H,20,21). The molecule has 0 spiro atoms. The van der Waals surface area contributed by atoms with Gasteiger partial charge < -0.3 is 10.0 Å². The van der Waals surface area contributed by atoms with Gasteiger partial charge in [0.2, 0.25) is 0 Å². The Morgan fingerprint density at radius 2 is 1.95 bits per heavy atom. The summed E-state index contributed by atoms with van der Waals surface area (Å²) >= 11 is 0. The highest BCUT2D eigenvalue weighted by molar-refractivity contribution is 5.65. The minimum absolute atomic E-state index is 0.368. The highest BCUT2D eigenvalue weighted by Crippen LogP contribution is 2.29. The number of amides is 1. The first-order chi connectivity index (χ1) is 10.1. The van der Waals surface area contributed by atoms with Gasteiger partial charge in [0.15, 0.2) is 0 Å². The van der Waals surface area contributed by atoms with E-state index in [4.69, 9.17) is 5.11 Å². The number of aromatic amines is 1. The molecule has 1 aromatic heterocycles. The van der Waals surface area contributed by atoms with E-state index in [1.807, 2.05) is 0 Å². The van der Waals surface area contributed by atoms with Gasteiger partial charge in [-0.05, 0) is 25.8 Å². The van der Waals surface area contributed by atoms with Crippen LogP contribution in [0.2, 0.25) is 0 Å². The quantitative estimate of drug-likeness (QED) is 0.890. The molecule has 1 amide bonds. The number of carboxylic acid groups (broad SMARTS) is 1. The predicted octanol–water partition coefficient (Wildman–Crippen LogP) is 3.24. The molecule has 0 atom stereocenters. The Bertz CT molecular complexity index is 625. The number of H-pyrrole nitrogens is 1. The second-order valence-electron chi connectivity index (χ2n) is 5.62. The van der Waals surface area contributed by atoms with Crippen LogP contribution in [-0.4, -0.2) is 39.4 Å². The summed E-state index contributed by atoms with van der Waals surface area (Å²) < 4.78 is 0. The maximum absolute atomic E-state index is 10.9. The summed E-state index contributed by atoms with van der Waals surface area (Å²) in [4.78, 5) is 12.4. The van der Waals surface area contributed by atoms with Gasteiger partial charge in [-0.25, -0.2) is 4.79 Å². The number of likely N-dealkylation sites (tertiary alicyclic amines) is 1. The molecule has 0 radical (unpaired) electrons. The van der Waals surface area contributed by atoms with Crippen molar-refractivity contribution in [3.05, 3.63) is 41.6 Å². The Labute approximate surface area is 123 Å². The van der Waals surface area contributed by atoms with Crippen LogP contribution in [0.25, 0.3) is 11.3 Å². The number of nitrogens with zero attached hydrogens (tertiary/aromatic N) is 2. The number of piperidine rings is 1. The Balaban J connectivity index is 1.71. The van der Waals surface area contributed by atoms with Crippen molar-refractivity contribution >= 4 is 6.09 Å². The number of hydrogen-bond acceptors (Lipinski definition) is 2. The summed E-state index contributed by atoms with van der Waals surface area (Å²) in [5, 5.41) is 16.5. The number of aromatic nitrogens is 2. The van der Waals surface area contributed by atoms with E-state index in [0.717, 1.165) is 29.8 Å². The summed E-state index contributed by atoms with van der Waals surface area (Å²) in [5.41, 5.74) is 4.39. The molecule has 5 nitrogen and oxygen atoms in total. The third kappa shape index (κ3) is 2.91. The highest BCUT2D eigenvalue weighted by atomic mass is 16.4. The number of hydrogen-bond donors (Lipinski definition) is 2. The van der Waals surface area contributed by atoms with Crippen LogP contribution in [0, 0.1) is 6.92 Å². The molecule has 5 heteroatoms. The van der Waals surface area contributed by atoms with E-state index in [9.17, 15) is 4.79 Å². The normalized spacial score (nSPS) is 16.1. The minimum atomic E-state index is -0.821. The SMILES string of the molecule is Cc1ccc(-c2cc(C3CCN(C(=O)O)CC3)[nH]n2)cc1. The van der Waals surface area contributed by atoms with Crippen LogP contribution in [0.3, 0.4) is 0 Å².